The Morgan fingerprint density at radius 2 is 1.94 bits per heavy atom. The number of aromatic hydroxyl groups is 1. The fourth-order valence-electron chi connectivity index (χ4n) is 1.98. The van der Waals surface area contributed by atoms with Crippen molar-refractivity contribution in [3.05, 3.63) is 24.8 Å². The molecule has 2 N–H and O–H groups in total. The van der Waals surface area contributed by atoms with Crippen LogP contribution in [-0.2, 0) is 4.74 Å². The van der Waals surface area contributed by atoms with E-state index in [1.165, 1.54) is 0 Å². The molecule has 0 radical (unpaired) electrons. The van der Waals surface area contributed by atoms with E-state index in [1.807, 2.05) is 26.0 Å². The predicted molar refractivity (Wildman–Crippen MR) is 84.5 cm³/mol. The van der Waals surface area contributed by atoms with Crippen molar-refractivity contribution < 1.29 is 14.6 Å². The highest BCUT2D eigenvalue weighted by atomic mass is 127. The van der Waals surface area contributed by atoms with Gasteiger partial charge in [-0.05, 0) is 62.9 Å². The molecule has 1 fully saturated rings. The second kappa shape index (κ2) is 5.03. The summed E-state index contributed by atoms with van der Waals surface area (Å²) in [4.78, 5) is 11.4. The number of hydrogen-bond acceptors (Lipinski definition) is 3. The number of alkyl carbamates (subject to hydrolysis) is 1. The molecule has 98 valence electrons. The lowest BCUT2D eigenvalue weighted by Gasteiger charge is -2.38. The van der Waals surface area contributed by atoms with Crippen LogP contribution in [0.2, 0.25) is 0 Å². The molecule has 0 saturated carbocycles. The lowest BCUT2D eigenvalue weighted by Crippen LogP contribution is -2.46. The van der Waals surface area contributed by atoms with E-state index < -0.39 is 6.09 Å². The topological polar surface area (TPSA) is 58.6 Å². The Morgan fingerprint density at radius 3 is 2.50 bits per heavy atom. The summed E-state index contributed by atoms with van der Waals surface area (Å²) in [5, 5.41) is 12.6. The summed E-state index contributed by atoms with van der Waals surface area (Å²) in [5.41, 5.74) is 0.806. The first-order chi connectivity index (χ1) is 8.31. The Labute approximate surface area is 133 Å². The molecule has 2 rings (SSSR count). The molecule has 0 unspecified atom stereocenters. The molecular weight excluding hydrogens is 460 g/mol. The summed E-state index contributed by atoms with van der Waals surface area (Å²) in [5.74, 6) is 0.288. The van der Waals surface area contributed by atoms with E-state index in [2.05, 4.69) is 50.5 Å². The van der Waals surface area contributed by atoms with Crippen molar-refractivity contribution in [1.82, 2.24) is 5.32 Å². The lowest BCUT2D eigenvalue weighted by atomic mass is 9.80. The van der Waals surface area contributed by atoms with Gasteiger partial charge in [-0.1, -0.05) is 13.8 Å². The first-order valence-corrected chi connectivity index (χ1v) is 7.58. The van der Waals surface area contributed by atoms with Gasteiger partial charge in [0.25, 0.3) is 0 Å². The van der Waals surface area contributed by atoms with E-state index in [9.17, 15) is 9.90 Å². The summed E-state index contributed by atoms with van der Waals surface area (Å²) in [6.07, 6.45) is -0.391. The maximum absolute atomic E-state index is 11.4. The van der Waals surface area contributed by atoms with Crippen LogP contribution in [0.3, 0.4) is 0 Å². The SMILES string of the molecule is CC1(C)COC(=O)N[C@@H]1c1cc(I)c(O)c(I)c1. The zero-order chi connectivity index (χ0) is 13.5. The van der Waals surface area contributed by atoms with E-state index >= 15 is 0 Å². The minimum Gasteiger partial charge on any atom is -0.506 e. The van der Waals surface area contributed by atoms with Crippen LogP contribution in [-0.4, -0.2) is 17.8 Å². The molecule has 0 aromatic heterocycles. The van der Waals surface area contributed by atoms with E-state index in [-0.39, 0.29) is 17.2 Å². The zero-order valence-electron chi connectivity index (χ0n) is 9.96. The monoisotopic (exact) mass is 473 g/mol. The molecule has 1 aromatic rings. The fraction of sp³-hybridized carbons (Fsp3) is 0.417. The third-order valence-electron chi connectivity index (χ3n) is 2.99. The molecule has 0 aliphatic carbocycles. The molecule has 1 heterocycles. The number of benzene rings is 1. The number of phenols is 1. The maximum atomic E-state index is 11.4. The van der Waals surface area contributed by atoms with Crippen molar-refractivity contribution in [2.45, 2.75) is 19.9 Å². The fourth-order valence-corrected chi connectivity index (χ4v) is 3.79. The minimum atomic E-state index is -0.391. The molecule has 6 heteroatoms. The van der Waals surface area contributed by atoms with Crippen molar-refractivity contribution in [2.24, 2.45) is 5.41 Å². The van der Waals surface area contributed by atoms with Crippen LogP contribution in [0.4, 0.5) is 4.79 Å². The van der Waals surface area contributed by atoms with Crippen LogP contribution in [0.1, 0.15) is 25.5 Å². The largest absolute Gasteiger partial charge is 0.506 e. The molecule has 18 heavy (non-hydrogen) atoms. The average Bonchev–Trinajstić information content (AvgIpc) is 2.28. The van der Waals surface area contributed by atoms with Crippen molar-refractivity contribution in [3.8, 4) is 5.75 Å². The molecule has 0 bridgehead atoms. The van der Waals surface area contributed by atoms with Crippen molar-refractivity contribution in [2.75, 3.05) is 6.61 Å². The Kier molecular flexibility index (Phi) is 3.96. The second-order valence-electron chi connectivity index (χ2n) is 4.98. The number of ether oxygens (including phenoxy) is 1. The van der Waals surface area contributed by atoms with Crippen LogP contribution in [0.25, 0.3) is 0 Å². The van der Waals surface area contributed by atoms with E-state index in [4.69, 9.17) is 4.74 Å². The van der Waals surface area contributed by atoms with Gasteiger partial charge < -0.3 is 15.2 Å². The number of rotatable bonds is 1. The second-order valence-corrected chi connectivity index (χ2v) is 7.30. The molecule has 1 atom stereocenters. The summed E-state index contributed by atoms with van der Waals surface area (Å²) < 4.78 is 6.59. The summed E-state index contributed by atoms with van der Waals surface area (Å²) in [6, 6.07) is 3.69. The summed E-state index contributed by atoms with van der Waals surface area (Å²) >= 11 is 4.18. The Morgan fingerprint density at radius 1 is 1.39 bits per heavy atom. The third kappa shape index (κ3) is 2.68. The minimum absolute atomic E-state index is 0.110. The molecule has 1 saturated heterocycles. The Bertz CT molecular complexity index is 479. The predicted octanol–water partition coefficient (Wildman–Crippen LogP) is 3.41. The number of phenolic OH excluding ortho intramolecular Hbond substituents is 1. The Balaban J connectivity index is 2.43. The number of carbonyl (C=O) groups excluding carboxylic acids is 1. The number of halogens is 2. The average molecular weight is 473 g/mol. The summed E-state index contributed by atoms with van der Waals surface area (Å²) in [7, 11) is 0. The van der Waals surface area contributed by atoms with Gasteiger partial charge in [0.05, 0.1) is 13.2 Å². The van der Waals surface area contributed by atoms with Crippen molar-refractivity contribution in [3.63, 3.8) is 0 Å². The van der Waals surface area contributed by atoms with Crippen LogP contribution in [0, 0.1) is 12.6 Å². The van der Waals surface area contributed by atoms with Gasteiger partial charge in [-0.3, -0.25) is 0 Å². The lowest BCUT2D eigenvalue weighted by molar-refractivity contribution is 0.0387. The molecule has 1 aliphatic rings. The normalized spacial score (nSPS) is 22.2. The first-order valence-electron chi connectivity index (χ1n) is 5.42. The van der Waals surface area contributed by atoms with Gasteiger partial charge in [0, 0.05) is 5.41 Å². The number of nitrogens with one attached hydrogen (secondary N) is 1. The maximum Gasteiger partial charge on any atom is 0.407 e. The number of carbonyl (C=O) groups is 1. The number of hydrogen-bond donors (Lipinski definition) is 2. The van der Waals surface area contributed by atoms with Crippen LogP contribution in [0.5, 0.6) is 5.75 Å². The van der Waals surface area contributed by atoms with Gasteiger partial charge in [-0.2, -0.15) is 0 Å². The molecular formula is C12H13I2NO3. The van der Waals surface area contributed by atoms with E-state index in [0.717, 1.165) is 12.7 Å². The highest BCUT2D eigenvalue weighted by Crippen LogP contribution is 2.39. The van der Waals surface area contributed by atoms with Gasteiger partial charge in [0.2, 0.25) is 0 Å². The smallest absolute Gasteiger partial charge is 0.407 e. The van der Waals surface area contributed by atoms with Crippen molar-refractivity contribution in [1.29, 1.82) is 0 Å². The standard InChI is InChI=1S/C12H13I2NO3/c1-12(2)5-18-11(17)15-10(12)6-3-7(13)9(16)8(14)4-6/h3-4,10,16H,5H2,1-2H3,(H,15,17)/t10-/m1/s1. The van der Waals surface area contributed by atoms with Crippen LogP contribution in [0.15, 0.2) is 12.1 Å². The van der Waals surface area contributed by atoms with Gasteiger partial charge >= 0.3 is 6.09 Å². The van der Waals surface area contributed by atoms with Gasteiger partial charge in [0.1, 0.15) is 12.4 Å². The molecule has 0 spiro atoms. The van der Waals surface area contributed by atoms with Crippen LogP contribution < -0.4 is 5.32 Å². The van der Waals surface area contributed by atoms with Gasteiger partial charge in [-0.25, -0.2) is 4.79 Å². The van der Waals surface area contributed by atoms with Crippen LogP contribution >= 0.6 is 45.2 Å². The highest BCUT2D eigenvalue weighted by molar-refractivity contribution is 14.1. The molecule has 1 amide bonds. The van der Waals surface area contributed by atoms with E-state index in [0.29, 0.717) is 6.61 Å². The zero-order valence-corrected chi connectivity index (χ0v) is 14.3. The Hall–Kier alpha value is -0.250. The van der Waals surface area contributed by atoms with Crippen molar-refractivity contribution >= 4 is 51.3 Å². The van der Waals surface area contributed by atoms with Gasteiger partial charge in [0.15, 0.2) is 0 Å². The number of amides is 1. The van der Waals surface area contributed by atoms with E-state index in [1.54, 1.807) is 0 Å². The number of cyclic esters (lactones) is 1. The third-order valence-corrected chi connectivity index (χ3v) is 4.64. The molecule has 4 nitrogen and oxygen atoms in total. The quantitative estimate of drug-likeness (QED) is 0.616. The first kappa shape index (κ1) is 14.2. The molecule has 1 aromatic carbocycles. The molecule has 1 aliphatic heterocycles. The summed E-state index contributed by atoms with van der Waals surface area (Å²) in [6.45, 7) is 4.48. The van der Waals surface area contributed by atoms with Gasteiger partial charge in [-0.15, -0.1) is 0 Å². The highest BCUT2D eigenvalue weighted by Gasteiger charge is 2.38.